The SMILES string of the molecule is IC(I)I.Oc1ccccc1C=NCCN=Cc1cccc(O)c1O. The predicted octanol–water partition coefficient (Wildman–Crippen LogP) is 4.92. The van der Waals surface area contributed by atoms with E-state index in [9.17, 15) is 15.3 Å². The minimum Gasteiger partial charge on any atom is -0.507 e. The number of halogens is 3. The van der Waals surface area contributed by atoms with Gasteiger partial charge >= 0.3 is 0 Å². The van der Waals surface area contributed by atoms with Crippen LogP contribution in [0.3, 0.4) is 0 Å². The van der Waals surface area contributed by atoms with Crippen LogP contribution < -0.4 is 0 Å². The summed E-state index contributed by atoms with van der Waals surface area (Å²) in [5, 5.41) is 28.5. The first kappa shape index (κ1) is 22.4. The lowest BCUT2D eigenvalue weighted by Gasteiger charge is -2.00. The first-order chi connectivity index (χ1) is 11.9. The Morgan fingerprint density at radius 3 is 1.84 bits per heavy atom. The summed E-state index contributed by atoms with van der Waals surface area (Å²) in [5.74, 6) is -0.162. The maximum atomic E-state index is 9.58. The van der Waals surface area contributed by atoms with E-state index >= 15 is 0 Å². The molecule has 2 aromatic rings. The molecular formula is C17H17I3N2O3. The quantitative estimate of drug-likeness (QED) is 0.138. The Morgan fingerprint density at radius 2 is 1.24 bits per heavy atom. The molecule has 0 aliphatic heterocycles. The lowest BCUT2D eigenvalue weighted by Crippen LogP contribution is -1.91. The van der Waals surface area contributed by atoms with E-state index in [2.05, 4.69) is 77.8 Å². The monoisotopic (exact) mass is 678 g/mol. The Balaban J connectivity index is 0.000000705. The molecule has 0 aliphatic rings. The molecule has 3 N–H and O–H groups in total. The van der Waals surface area contributed by atoms with Crippen LogP contribution in [0.25, 0.3) is 0 Å². The van der Waals surface area contributed by atoms with Crippen LogP contribution >= 0.6 is 67.8 Å². The molecule has 0 unspecified atom stereocenters. The zero-order valence-corrected chi connectivity index (χ0v) is 19.5. The minimum atomic E-state index is -0.182. The lowest BCUT2D eigenvalue weighted by atomic mass is 10.2. The molecule has 2 rings (SSSR count). The molecule has 2 aromatic carbocycles. The zero-order valence-electron chi connectivity index (χ0n) is 13.1. The molecule has 0 spiro atoms. The summed E-state index contributed by atoms with van der Waals surface area (Å²) in [6, 6.07) is 11.6. The van der Waals surface area contributed by atoms with Crippen LogP contribution in [-0.4, -0.2) is 40.8 Å². The van der Waals surface area contributed by atoms with Gasteiger partial charge in [-0.25, -0.2) is 0 Å². The highest BCUT2D eigenvalue weighted by atomic mass is 127. The molecule has 25 heavy (non-hydrogen) atoms. The van der Waals surface area contributed by atoms with E-state index in [1.807, 2.05) is 6.07 Å². The van der Waals surface area contributed by atoms with Gasteiger partial charge in [-0.05, 0) is 24.3 Å². The highest BCUT2D eigenvalue weighted by molar-refractivity contribution is 14.3. The first-order valence-corrected chi connectivity index (χ1v) is 10.9. The van der Waals surface area contributed by atoms with Crippen molar-refractivity contribution in [2.75, 3.05) is 13.1 Å². The number of phenols is 3. The number of rotatable bonds is 5. The highest BCUT2D eigenvalue weighted by Gasteiger charge is 2.02. The number of hydrogen-bond acceptors (Lipinski definition) is 5. The Kier molecular flexibility index (Phi) is 11.4. The van der Waals surface area contributed by atoms with Gasteiger partial charge < -0.3 is 15.3 Å². The van der Waals surface area contributed by atoms with E-state index in [1.54, 1.807) is 36.5 Å². The van der Waals surface area contributed by atoms with Gasteiger partial charge in [-0.1, -0.05) is 86.0 Å². The Hall–Kier alpha value is -0.630. The number of hydrogen-bond donors (Lipinski definition) is 3. The van der Waals surface area contributed by atoms with Crippen LogP contribution in [-0.2, 0) is 0 Å². The first-order valence-electron chi connectivity index (χ1n) is 7.12. The molecule has 8 heteroatoms. The maximum absolute atomic E-state index is 9.58. The van der Waals surface area contributed by atoms with Crippen molar-refractivity contribution in [3.8, 4) is 17.2 Å². The molecule has 0 aromatic heterocycles. The van der Waals surface area contributed by atoms with Crippen molar-refractivity contribution in [2.24, 2.45) is 9.98 Å². The Labute approximate surface area is 187 Å². The second kappa shape index (κ2) is 12.7. The Morgan fingerprint density at radius 1 is 0.760 bits per heavy atom. The Bertz CT molecular complexity index is 719. The molecule has 0 amide bonds. The molecule has 0 aliphatic carbocycles. The number of nitrogens with zero attached hydrogens (tertiary/aromatic N) is 2. The van der Waals surface area contributed by atoms with Crippen LogP contribution in [0.15, 0.2) is 52.4 Å². The van der Waals surface area contributed by atoms with Crippen LogP contribution in [0.1, 0.15) is 11.1 Å². The summed E-state index contributed by atoms with van der Waals surface area (Å²) >= 11 is 6.95. The number of alkyl halides is 3. The molecule has 0 saturated heterocycles. The average molecular weight is 678 g/mol. The van der Waals surface area contributed by atoms with Gasteiger partial charge in [0.2, 0.25) is 0 Å². The fourth-order valence-corrected chi connectivity index (χ4v) is 1.69. The molecule has 134 valence electrons. The third-order valence-electron chi connectivity index (χ3n) is 2.80. The topological polar surface area (TPSA) is 85.4 Å². The van der Waals surface area contributed by atoms with E-state index in [4.69, 9.17) is 0 Å². The van der Waals surface area contributed by atoms with Crippen LogP contribution in [0.2, 0.25) is 0 Å². The number of aromatic hydroxyl groups is 3. The van der Waals surface area contributed by atoms with Crippen molar-refractivity contribution >= 4 is 80.2 Å². The van der Waals surface area contributed by atoms with Gasteiger partial charge in [0.05, 0.1) is 13.1 Å². The van der Waals surface area contributed by atoms with Crippen molar-refractivity contribution in [2.45, 2.75) is -0.0619 Å². The van der Waals surface area contributed by atoms with Gasteiger partial charge in [0, 0.05) is 23.6 Å². The maximum Gasteiger partial charge on any atom is 0.166 e. The summed E-state index contributed by atoms with van der Waals surface area (Å²) in [7, 11) is 0. The molecule has 0 heterocycles. The molecule has 0 atom stereocenters. The molecule has 0 fully saturated rings. The fraction of sp³-hybridized carbons (Fsp3) is 0.176. The molecule has 0 radical (unpaired) electrons. The van der Waals surface area contributed by atoms with Crippen molar-refractivity contribution in [1.82, 2.24) is 0 Å². The smallest absolute Gasteiger partial charge is 0.166 e. The number of phenolic OH excluding ortho intramolecular Hbond substituents is 3. The van der Waals surface area contributed by atoms with Crippen LogP contribution in [0, 0.1) is 0 Å². The second-order valence-corrected chi connectivity index (χ2v) is 15.5. The summed E-state index contributed by atoms with van der Waals surface area (Å²) in [6.45, 7) is 0.906. The standard InChI is InChI=1S/C16H16N2O3.CHI3/c19-14-6-2-1-4-12(14)10-17-8-9-18-11-13-5-3-7-15(20)16(13)21;2-1(3)4/h1-7,10-11,19-21H,8-9H2;1H. The lowest BCUT2D eigenvalue weighted by molar-refractivity contribution is 0.403. The van der Waals surface area contributed by atoms with E-state index < -0.39 is 0 Å². The van der Waals surface area contributed by atoms with Gasteiger partial charge in [0.15, 0.2) is 11.5 Å². The average Bonchev–Trinajstić information content (AvgIpc) is 2.55. The molecule has 0 bridgehead atoms. The minimum absolute atomic E-state index is 0.170. The number of para-hydroxylation sites is 2. The highest BCUT2D eigenvalue weighted by Crippen LogP contribution is 2.26. The molecule has 5 nitrogen and oxygen atoms in total. The second-order valence-electron chi connectivity index (χ2n) is 4.59. The van der Waals surface area contributed by atoms with Crippen LogP contribution in [0.5, 0.6) is 17.2 Å². The van der Waals surface area contributed by atoms with Gasteiger partial charge in [-0.2, -0.15) is 0 Å². The number of benzene rings is 2. The van der Waals surface area contributed by atoms with E-state index in [0.717, 1.165) is -0.0619 Å². The largest absolute Gasteiger partial charge is 0.507 e. The van der Waals surface area contributed by atoms with E-state index in [1.165, 1.54) is 12.3 Å². The fourth-order valence-electron chi connectivity index (χ4n) is 1.69. The number of aliphatic imine (C=N–C) groups is 2. The zero-order chi connectivity index (χ0) is 18.7. The summed E-state index contributed by atoms with van der Waals surface area (Å²) in [5.41, 5.74) is 1.12. The van der Waals surface area contributed by atoms with Crippen molar-refractivity contribution in [1.29, 1.82) is 0 Å². The van der Waals surface area contributed by atoms with Crippen molar-refractivity contribution in [3.05, 3.63) is 53.6 Å². The summed E-state index contributed by atoms with van der Waals surface area (Å²) < 4.78 is 0.743. The normalized spacial score (nSPS) is 11.0. The summed E-state index contributed by atoms with van der Waals surface area (Å²) in [6.07, 6.45) is 3.08. The van der Waals surface area contributed by atoms with E-state index in [-0.39, 0.29) is 17.2 Å². The van der Waals surface area contributed by atoms with Crippen molar-refractivity contribution < 1.29 is 15.3 Å². The van der Waals surface area contributed by atoms with Gasteiger partial charge in [-0.15, -0.1) is 0 Å². The predicted molar refractivity (Wildman–Crippen MR) is 129 cm³/mol. The van der Waals surface area contributed by atoms with Gasteiger partial charge in [0.1, 0.15) is 5.69 Å². The summed E-state index contributed by atoms with van der Waals surface area (Å²) in [4.78, 5) is 8.29. The third-order valence-corrected chi connectivity index (χ3v) is 2.80. The van der Waals surface area contributed by atoms with Crippen LogP contribution in [0.4, 0.5) is 0 Å². The van der Waals surface area contributed by atoms with Crippen molar-refractivity contribution in [3.63, 3.8) is 0 Å². The van der Waals surface area contributed by atoms with Gasteiger partial charge in [-0.3, -0.25) is 9.98 Å². The molecular weight excluding hydrogens is 661 g/mol. The third kappa shape index (κ3) is 9.58. The van der Waals surface area contributed by atoms with E-state index in [0.29, 0.717) is 24.2 Å². The molecule has 0 saturated carbocycles. The van der Waals surface area contributed by atoms with Gasteiger partial charge in [0.25, 0.3) is 0 Å².